The molecule has 0 aliphatic rings. The van der Waals surface area contributed by atoms with Gasteiger partial charge < -0.3 is 20.7 Å². The number of thiazole rings is 1. The number of carbonyl (C=O) groups is 3. The number of carbonyl (C=O) groups excluding carboxylic acids is 3. The Morgan fingerprint density at radius 2 is 1.51 bits per heavy atom. The molecule has 1 unspecified atom stereocenters. The fraction of sp³-hybridized carbons (Fsp3) is 0.0526. The molecule has 0 radical (unpaired) electrons. The normalized spacial score (nSPS) is 11.7. The van der Waals surface area contributed by atoms with E-state index < -0.39 is 17.1 Å². The van der Waals surface area contributed by atoms with E-state index >= 15 is 0 Å². The number of anilines is 2. The van der Waals surface area contributed by atoms with Gasteiger partial charge in [-0.1, -0.05) is 66.7 Å². The van der Waals surface area contributed by atoms with E-state index in [1.807, 2.05) is 71.4 Å². The van der Waals surface area contributed by atoms with Gasteiger partial charge in [-0.15, -0.1) is 34.4 Å². The molecule has 3 N–H and O–H groups in total. The second-order valence-corrected chi connectivity index (χ2v) is 13.5. The zero-order valence-electron chi connectivity index (χ0n) is 26.2. The van der Waals surface area contributed by atoms with Gasteiger partial charge in [0.05, 0.1) is 17.7 Å². The fourth-order valence-corrected chi connectivity index (χ4v) is 7.20. The Kier molecular flexibility index (Phi) is 11.0. The van der Waals surface area contributed by atoms with Crippen molar-refractivity contribution in [2.75, 3.05) is 17.7 Å². The minimum absolute atomic E-state index is 0.0720. The van der Waals surface area contributed by atoms with Crippen LogP contribution in [0.5, 0.6) is 5.75 Å². The van der Waals surface area contributed by atoms with Crippen LogP contribution in [0.25, 0.3) is 16.6 Å². The third kappa shape index (κ3) is 8.90. The van der Waals surface area contributed by atoms with Crippen molar-refractivity contribution in [1.29, 1.82) is 0 Å². The number of nitrogens with one attached hydrogen (secondary N) is 3. The minimum Gasteiger partial charge on any atom is -0.497 e. The summed E-state index contributed by atoms with van der Waals surface area (Å²) in [6, 6.07) is 36.6. The molecule has 244 valence electrons. The summed E-state index contributed by atoms with van der Waals surface area (Å²) in [6.45, 7) is 0. The van der Waals surface area contributed by atoms with Crippen molar-refractivity contribution < 1.29 is 19.1 Å². The van der Waals surface area contributed by atoms with Crippen molar-refractivity contribution >= 4 is 69.1 Å². The smallest absolute Gasteiger partial charge is 0.272 e. The Labute approximate surface area is 295 Å². The molecule has 0 aliphatic carbocycles. The first-order chi connectivity index (χ1) is 23.9. The Hall–Kier alpha value is -5.49. The summed E-state index contributed by atoms with van der Waals surface area (Å²) in [5.74, 6) is -0.420. The van der Waals surface area contributed by atoms with Crippen molar-refractivity contribution in [3.05, 3.63) is 154 Å². The number of nitrogens with zero attached hydrogens (tertiary/aromatic N) is 1. The zero-order valence-corrected chi connectivity index (χ0v) is 28.6. The average Bonchev–Trinajstić information content (AvgIpc) is 3.85. The molecule has 0 aliphatic heterocycles. The van der Waals surface area contributed by atoms with Gasteiger partial charge in [0, 0.05) is 21.5 Å². The molecular formula is C38H30N4O4S3. The first-order valence-electron chi connectivity index (χ1n) is 15.1. The Balaban J connectivity index is 1.17. The van der Waals surface area contributed by atoms with Crippen LogP contribution in [0.1, 0.15) is 26.7 Å². The number of amides is 3. The monoisotopic (exact) mass is 702 g/mol. The summed E-state index contributed by atoms with van der Waals surface area (Å²) in [5, 5.41) is 12.5. The summed E-state index contributed by atoms with van der Waals surface area (Å²) in [4.78, 5) is 46.6. The van der Waals surface area contributed by atoms with Gasteiger partial charge in [0.25, 0.3) is 11.8 Å². The first kappa shape index (κ1) is 33.4. The lowest BCUT2D eigenvalue weighted by molar-refractivity contribution is -0.116. The third-order valence-corrected chi connectivity index (χ3v) is 10.1. The number of thiophene rings is 1. The number of methoxy groups -OCH3 is 1. The largest absolute Gasteiger partial charge is 0.497 e. The quantitative estimate of drug-likeness (QED) is 0.0869. The van der Waals surface area contributed by atoms with Crippen LogP contribution in [0.2, 0.25) is 0 Å². The average molecular weight is 703 g/mol. The van der Waals surface area contributed by atoms with Crippen molar-refractivity contribution in [3.8, 4) is 16.3 Å². The zero-order chi connectivity index (χ0) is 34.0. The van der Waals surface area contributed by atoms with Gasteiger partial charge >= 0.3 is 0 Å². The molecule has 6 aromatic rings. The maximum Gasteiger partial charge on any atom is 0.272 e. The van der Waals surface area contributed by atoms with E-state index in [2.05, 4.69) is 20.9 Å². The molecule has 2 heterocycles. The summed E-state index contributed by atoms with van der Waals surface area (Å²) in [6.07, 6.45) is 1.61. The predicted molar refractivity (Wildman–Crippen MR) is 199 cm³/mol. The molecule has 2 aromatic heterocycles. The van der Waals surface area contributed by atoms with Crippen LogP contribution in [0.4, 0.5) is 10.8 Å². The molecule has 4 aromatic carbocycles. The van der Waals surface area contributed by atoms with E-state index in [1.165, 1.54) is 23.1 Å². The van der Waals surface area contributed by atoms with Gasteiger partial charge in [-0.3, -0.25) is 14.4 Å². The van der Waals surface area contributed by atoms with Gasteiger partial charge in [-0.25, -0.2) is 4.98 Å². The lowest BCUT2D eigenvalue weighted by Crippen LogP contribution is -2.30. The van der Waals surface area contributed by atoms with Gasteiger partial charge in [-0.05, 0) is 77.2 Å². The fourth-order valence-electron chi connectivity index (χ4n) is 4.70. The number of aromatic nitrogens is 1. The summed E-state index contributed by atoms with van der Waals surface area (Å²) < 4.78 is 5.24. The molecule has 0 saturated heterocycles. The third-order valence-electron chi connectivity index (χ3n) is 7.17. The lowest BCUT2D eigenvalue weighted by atomic mass is 10.1. The predicted octanol–water partition coefficient (Wildman–Crippen LogP) is 8.76. The summed E-state index contributed by atoms with van der Waals surface area (Å²) >= 11 is 4.38. The van der Waals surface area contributed by atoms with Crippen molar-refractivity contribution in [1.82, 2.24) is 10.3 Å². The van der Waals surface area contributed by atoms with Crippen LogP contribution >= 0.6 is 34.4 Å². The number of rotatable bonds is 12. The van der Waals surface area contributed by atoms with Crippen molar-refractivity contribution in [2.45, 2.75) is 10.1 Å². The van der Waals surface area contributed by atoms with Crippen LogP contribution in [-0.4, -0.2) is 29.8 Å². The van der Waals surface area contributed by atoms with E-state index in [0.29, 0.717) is 27.7 Å². The van der Waals surface area contributed by atoms with Gasteiger partial charge in [-0.2, -0.15) is 0 Å². The molecule has 49 heavy (non-hydrogen) atoms. The number of hydrogen-bond acceptors (Lipinski definition) is 8. The topological polar surface area (TPSA) is 109 Å². The maximum atomic E-state index is 13.6. The molecular weight excluding hydrogens is 673 g/mol. The Morgan fingerprint density at radius 3 is 2.18 bits per heavy atom. The highest BCUT2D eigenvalue weighted by Crippen LogP contribution is 2.37. The standard InChI is InChI=1S/C38H30N4O4S3/c1-46-29-18-14-25(15-19-29)23-31(40-35(43)27-11-6-3-7-12-27)36(44)39-28-16-20-30(21-17-28)49-34(26-9-4-2-5-10-26)37(45)42-38-41-32(24-48-38)33-13-8-22-47-33/h2-24,34H,1H3,(H,39,44)(H,40,43)(H,41,42,45)/b31-23-. The van der Waals surface area contributed by atoms with E-state index in [9.17, 15) is 14.4 Å². The van der Waals surface area contributed by atoms with Crippen LogP contribution in [0.15, 0.2) is 143 Å². The molecule has 0 fully saturated rings. The molecule has 8 nitrogen and oxygen atoms in total. The number of thioether (sulfide) groups is 1. The molecule has 6 rings (SSSR count). The molecule has 0 saturated carbocycles. The highest BCUT2D eigenvalue weighted by molar-refractivity contribution is 8.00. The van der Waals surface area contributed by atoms with E-state index in [4.69, 9.17) is 4.74 Å². The number of benzene rings is 4. The second-order valence-electron chi connectivity index (χ2n) is 10.5. The lowest BCUT2D eigenvalue weighted by Gasteiger charge is -2.17. The maximum absolute atomic E-state index is 13.6. The SMILES string of the molecule is COc1ccc(/C=C(\NC(=O)c2ccccc2)C(=O)Nc2ccc(SC(C(=O)Nc3nc(-c4cccs4)cs3)c3ccccc3)cc2)cc1. The van der Waals surface area contributed by atoms with Gasteiger partial charge in [0.1, 0.15) is 16.7 Å². The van der Waals surface area contributed by atoms with Crippen molar-refractivity contribution in [2.24, 2.45) is 0 Å². The molecule has 3 amide bonds. The van der Waals surface area contributed by atoms with E-state index in [0.717, 1.165) is 21.0 Å². The highest BCUT2D eigenvalue weighted by atomic mass is 32.2. The van der Waals surface area contributed by atoms with E-state index in [-0.39, 0.29) is 11.6 Å². The Morgan fingerprint density at radius 1 is 0.796 bits per heavy atom. The summed E-state index contributed by atoms with van der Waals surface area (Å²) in [5.41, 5.74) is 3.40. The van der Waals surface area contributed by atoms with Crippen LogP contribution in [0, 0.1) is 0 Å². The molecule has 0 bridgehead atoms. The second kappa shape index (κ2) is 16.1. The van der Waals surface area contributed by atoms with Crippen molar-refractivity contribution in [3.63, 3.8) is 0 Å². The molecule has 1 atom stereocenters. The Bertz CT molecular complexity index is 2050. The van der Waals surface area contributed by atoms with Gasteiger partial charge in [0.2, 0.25) is 5.91 Å². The minimum atomic E-state index is -0.553. The van der Waals surface area contributed by atoms with Gasteiger partial charge in [0.15, 0.2) is 5.13 Å². The van der Waals surface area contributed by atoms with Crippen LogP contribution in [-0.2, 0) is 9.59 Å². The van der Waals surface area contributed by atoms with Crippen LogP contribution < -0.4 is 20.7 Å². The summed E-state index contributed by atoms with van der Waals surface area (Å²) in [7, 11) is 1.58. The molecule has 0 spiro atoms. The highest BCUT2D eigenvalue weighted by Gasteiger charge is 2.24. The number of ether oxygens (including phenoxy) is 1. The number of hydrogen-bond donors (Lipinski definition) is 3. The first-order valence-corrected chi connectivity index (χ1v) is 17.7. The van der Waals surface area contributed by atoms with E-state index in [1.54, 1.807) is 85.2 Å². The van der Waals surface area contributed by atoms with Crippen LogP contribution in [0.3, 0.4) is 0 Å². The molecule has 11 heteroatoms.